The minimum atomic E-state index is 0.465. The van der Waals surface area contributed by atoms with Crippen molar-refractivity contribution in [1.82, 2.24) is 10.2 Å². The smallest absolute Gasteiger partial charge is 0.0221 e. The Hall–Kier alpha value is -0.0800. The van der Waals surface area contributed by atoms with Gasteiger partial charge in [0.05, 0.1) is 0 Å². The van der Waals surface area contributed by atoms with Gasteiger partial charge in [0.25, 0.3) is 0 Å². The third kappa shape index (κ3) is 4.24. The fourth-order valence-electron chi connectivity index (χ4n) is 3.10. The summed E-state index contributed by atoms with van der Waals surface area (Å²) in [4.78, 5) is 2.70. The minimum Gasteiger partial charge on any atom is -0.312 e. The molecule has 1 saturated heterocycles. The lowest BCUT2D eigenvalue weighted by Gasteiger charge is -2.33. The Bertz CT molecular complexity index is 232. The van der Waals surface area contributed by atoms with E-state index in [0.29, 0.717) is 17.5 Å². The topological polar surface area (TPSA) is 15.3 Å². The van der Waals surface area contributed by atoms with E-state index >= 15 is 0 Å². The lowest BCUT2D eigenvalue weighted by atomic mass is 9.80. The summed E-state index contributed by atoms with van der Waals surface area (Å²) in [6, 6.07) is 1.33. The molecule has 1 N–H and O–H groups in total. The summed E-state index contributed by atoms with van der Waals surface area (Å²) in [6.07, 6.45) is 3.84. The van der Waals surface area contributed by atoms with E-state index in [2.05, 4.69) is 51.8 Å². The molecule has 2 heteroatoms. The Labute approximate surface area is 115 Å². The van der Waals surface area contributed by atoms with Crippen LogP contribution in [-0.2, 0) is 0 Å². The first-order valence-corrected chi connectivity index (χ1v) is 7.87. The van der Waals surface area contributed by atoms with Crippen LogP contribution >= 0.6 is 0 Å². The van der Waals surface area contributed by atoms with Crippen molar-refractivity contribution in [1.29, 1.82) is 0 Å². The Morgan fingerprint density at radius 1 is 1.28 bits per heavy atom. The van der Waals surface area contributed by atoms with Crippen LogP contribution in [0.1, 0.15) is 60.8 Å². The molecule has 3 unspecified atom stereocenters. The van der Waals surface area contributed by atoms with Crippen LogP contribution < -0.4 is 5.32 Å². The monoisotopic (exact) mass is 254 g/mol. The Kier molecular flexibility index (Phi) is 6.13. The van der Waals surface area contributed by atoms with Gasteiger partial charge < -0.3 is 5.32 Å². The molecule has 1 rings (SSSR count). The summed E-state index contributed by atoms with van der Waals surface area (Å²) in [5.74, 6) is 0.864. The van der Waals surface area contributed by atoms with Gasteiger partial charge in [-0.2, -0.15) is 0 Å². The molecule has 1 heterocycles. The summed E-state index contributed by atoms with van der Waals surface area (Å²) in [5.41, 5.74) is 0.465. The van der Waals surface area contributed by atoms with E-state index < -0.39 is 0 Å². The molecule has 0 aromatic carbocycles. The van der Waals surface area contributed by atoms with Gasteiger partial charge in [-0.15, -0.1) is 0 Å². The standard InChI is InChI=1S/C16H34N2/c1-7-10-17-15(8-2)13(3)18-11-9-14(12-18)16(4,5)6/h13-15,17H,7-12H2,1-6H3. The number of hydrogen-bond donors (Lipinski definition) is 1. The van der Waals surface area contributed by atoms with Crippen LogP contribution in [0.15, 0.2) is 0 Å². The molecule has 1 aliphatic rings. The third-order valence-electron chi connectivity index (χ3n) is 4.70. The van der Waals surface area contributed by atoms with Crippen molar-refractivity contribution < 1.29 is 0 Å². The number of likely N-dealkylation sites (tertiary alicyclic amines) is 1. The Balaban J connectivity index is 2.49. The zero-order valence-electron chi connectivity index (χ0n) is 13.4. The van der Waals surface area contributed by atoms with Crippen molar-refractivity contribution in [3.05, 3.63) is 0 Å². The lowest BCUT2D eigenvalue weighted by molar-refractivity contribution is 0.172. The first-order valence-electron chi connectivity index (χ1n) is 7.87. The molecule has 1 aliphatic heterocycles. The number of nitrogens with zero attached hydrogens (tertiary/aromatic N) is 1. The second-order valence-corrected chi connectivity index (χ2v) is 7.06. The van der Waals surface area contributed by atoms with Crippen molar-refractivity contribution in [2.45, 2.75) is 72.9 Å². The Morgan fingerprint density at radius 2 is 1.94 bits per heavy atom. The van der Waals surface area contributed by atoms with Crippen LogP contribution in [0.25, 0.3) is 0 Å². The molecule has 0 spiro atoms. The third-order valence-corrected chi connectivity index (χ3v) is 4.70. The van der Waals surface area contributed by atoms with Crippen molar-refractivity contribution in [2.24, 2.45) is 11.3 Å². The molecule has 108 valence electrons. The van der Waals surface area contributed by atoms with E-state index in [1.807, 2.05) is 0 Å². The van der Waals surface area contributed by atoms with Gasteiger partial charge in [0.15, 0.2) is 0 Å². The molecule has 0 radical (unpaired) electrons. The number of hydrogen-bond acceptors (Lipinski definition) is 2. The average molecular weight is 254 g/mol. The molecule has 1 fully saturated rings. The average Bonchev–Trinajstić information content (AvgIpc) is 2.78. The zero-order valence-corrected chi connectivity index (χ0v) is 13.4. The molecule has 0 bridgehead atoms. The number of rotatable bonds is 6. The summed E-state index contributed by atoms with van der Waals surface area (Å²) in [7, 11) is 0. The highest BCUT2D eigenvalue weighted by Crippen LogP contribution is 2.34. The van der Waals surface area contributed by atoms with Crippen LogP contribution in [0.5, 0.6) is 0 Å². The lowest BCUT2D eigenvalue weighted by Crippen LogP contribution is -2.47. The zero-order chi connectivity index (χ0) is 13.8. The Morgan fingerprint density at radius 3 is 2.39 bits per heavy atom. The molecule has 0 aliphatic carbocycles. The first kappa shape index (κ1) is 16.0. The maximum atomic E-state index is 3.71. The summed E-state index contributed by atoms with van der Waals surface area (Å²) in [6.45, 7) is 17.8. The second kappa shape index (κ2) is 6.91. The molecule has 0 aromatic heterocycles. The van der Waals surface area contributed by atoms with E-state index in [9.17, 15) is 0 Å². The molecular weight excluding hydrogens is 220 g/mol. The normalized spacial score (nSPS) is 25.3. The van der Waals surface area contributed by atoms with Crippen LogP contribution in [0.4, 0.5) is 0 Å². The summed E-state index contributed by atoms with van der Waals surface area (Å²) in [5, 5.41) is 3.71. The van der Waals surface area contributed by atoms with Crippen molar-refractivity contribution in [3.8, 4) is 0 Å². The van der Waals surface area contributed by atoms with Crippen LogP contribution in [0.3, 0.4) is 0 Å². The van der Waals surface area contributed by atoms with Gasteiger partial charge in [-0.25, -0.2) is 0 Å². The molecule has 0 saturated carbocycles. The van der Waals surface area contributed by atoms with E-state index in [4.69, 9.17) is 0 Å². The molecule has 18 heavy (non-hydrogen) atoms. The van der Waals surface area contributed by atoms with E-state index in [-0.39, 0.29) is 0 Å². The second-order valence-electron chi connectivity index (χ2n) is 7.06. The predicted molar refractivity (Wildman–Crippen MR) is 81.0 cm³/mol. The van der Waals surface area contributed by atoms with Crippen molar-refractivity contribution >= 4 is 0 Å². The van der Waals surface area contributed by atoms with Crippen LogP contribution in [0.2, 0.25) is 0 Å². The highest BCUT2D eigenvalue weighted by Gasteiger charge is 2.35. The van der Waals surface area contributed by atoms with Crippen LogP contribution in [-0.4, -0.2) is 36.6 Å². The van der Waals surface area contributed by atoms with Gasteiger partial charge in [0, 0.05) is 18.6 Å². The fraction of sp³-hybridized carbons (Fsp3) is 1.00. The van der Waals surface area contributed by atoms with Gasteiger partial charge in [0.1, 0.15) is 0 Å². The van der Waals surface area contributed by atoms with Crippen molar-refractivity contribution in [2.75, 3.05) is 19.6 Å². The van der Waals surface area contributed by atoms with E-state index in [1.165, 1.54) is 32.4 Å². The molecule has 0 amide bonds. The van der Waals surface area contributed by atoms with Gasteiger partial charge in [-0.05, 0) is 50.6 Å². The SMILES string of the molecule is CCCNC(CC)C(C)N1CCC(C(C)(C)C)C1. The largest absolute Gasteiger partial charge is 0.312 e. The summed E-state index contributed by atoms with van der Waals surface area (Å²) < 4.78 is 0. The number of nitrogens with one attached hydrogen (secondary N) is 1. The highest BCUT2D eigenvalue weighted by molar-refractivity contribution is 4.89. The first-order chi connectivity index (χ1) is 8.40. The van der Waals surface area contributed by atoms with Gasteiger partial charge in [-0.1, -0.05) is 34.6 Å². The van der Waals surface area contributed by atoms with E-state index in [0.717, 1.165) is 12.5 Å². The summed E-state index contributed by atoms with van der Waals surface area (Å²) >= 11 is 0. The maximum Gasteiger partial charge on any atom is 0.0221 e. The van der Waals surface area contributed by atoms with Gasteiger partial charge >= 0.3 is 0 Å². The van der Waals surface area contributed by atoms with Gasteiger partial charge in [0.2, 0.25) is 0 Å². The van der Waals surface area contributed by atoms with E-state index in [1.54, 1.807) is 0 Å². The van der Waals surface area contributed by atoms with Gasteiger partial charge in [-0.3, -0.25) is 4.90 Å². The molecular formula is C16H34N2. The minimum absolute atomic E-state index is 0.465. The molecule has 2 nitrogen and oxygen atoms in total. The quantitative estimate of drug-likeness (QED) is 0.780. The highest BCUT2D eigenvalue weighted by atomic mass is 15.2. The van der Waals surface area contributed by atoms with Crippen molar-refractivity contribution in [3.63, 3.8) is 0 Å². The molecule has 0 aromatic rings. The molecule has 3 atom stereocenters. The fourth-order valence-corrected chi connectivity index (χ4v) is 3.10. The maximum absolute atomic E-state index is 3.71. The predicted octanol–water partition coefficient (Wildman–Crippen LogP) is 3.52. The van der Waals surface area contributed by atoms with Crippen LogP contribution in [0, 0.1) is 11.3 Å².